The third kappa shape index (κ3) is 23.7. The molecule has 180 valence electrons. The van der Waals surface area contributed by atoms with Crippen molar-refractivity contribution in [3.05, 3.63) is 0 Å². The molecule has 0 N–H and O–H groups in total. The fraction of sp³-hybridized carbons (Fsp3) is 0.964. The van der Waals surface area contributed by atoms with Crippen LogP contribution in [0, 0.1) is 0 Å². The summed E-state index contributed by atoms with van der Waals surface area (Å²) in [5.41, 5.74) is 0. The molecule has 0 radical (unpaired) electrons. The summed E-state index contributed by atoms with van der Waals surface area (Å²) >= 11 is 0. The summed E-state index contributed by atoms with van der Waals surface area (Å²) in [6, 6.07) is 0. The SMILES string of the molecule is CCCCCCCCCCCCCCCCCC(=O)OC(C)CCCCCCCC. The predicted molar refractivity (Wildman–Crippen MR) is 133 cm³/mol. The summed E-state index contributed by atoms with van der Waals surface area (Å²) in [6.45, 7) is 6.59. The molecule has 2 heteroatoms. The number of esters is 1. The van der Waals surface area contributed by atoms with Gasteiger partial charge in [0.2, 0.25) is 0 Å². The summed E-state index contributed by atoms with van der Waals surface area (Å²) in [7, 11) is 0. The average molecular weight is 425 g/mol. The van der Waals surface area contributed by atoms with Gasteiger partial charge in [0.1, 0.15) is 0 Å². The highest BCUT2D eigenvalue weighted by atomic mass is 16.5. The predicted octanol–water partition coefficient (Wildman–Crippen LogP) is 9.93. The van der Waals surface area contributed by atoms with Crippen molar-refractivity contribution in [3.63, 3.8) is 0 Å². The van der Waals surface area contributed by atoms with Crippen molar-refractivity contribution in [2.75, 3.05) is 0 Å². The standard InChI is InChI=1S/C28H56O2/c1-4-6-8-10-12-13-14-15-16-17-18-19-20-22-24-26-28(29)30-27(3)25-23-21-11-9-7-5-2/h27H,4-26H2,1-3H3. The largest absolute Gasteiger partial charge is 0.463 e. The molecule has 0 aliphatic heterocycles. The Morgan fingerprint density at radius 2 is 0.867 bits per heavy atom. The molecule has 0 aromatic rings. The van der Waals surface area contributed by atoms with Gasteiger partial charge in [-0.15, -0.1) is 0 Å². The molecule has 0 saturated heterocycles. The molecule has 30 heavy (non-hydrogen) atoms. The molecular weight excluding hydrogens is 368 g/mol. The second-order valence-corrected chi connectivity index (χ2v) is 9.56. The van der Waals surface area contributed by atoms with Crippen LogP contribution in [0.15, 0.2) is 0 Å². The maximum absolute atomic E-state index is 11.9. The van der Waals surface area contributed by atoms with Gasteiger partial charge in [-0.3, -0.25) is 4.79 Å². The Morgan fingerprint density at radius 3 is 1.27 bits per heavy atom. The highest BCUT2D eigenvalue weighted by molar-refractivity contribution is 5.69. The highest BCUT2D eigenvalue weighted by Gasteiger charge is 2.09. The number of rotatable bonds is 24. The van der Waals surface area contributed by atoms with Crippen molar-refractivity contribution in [1.29, 1.82) is 0 Å². The lowest BCUT2D eigenvalue weighted by Crippen LogP contribution is -2.14. The maximum Gasteiger partial charge on any atom is 0.306 e. The lowest BCUT2D eigenvalue weighted by Gasteiger charge is -2.13. The number of carbonyl (C=O) groups excluding carboxylic acids is 1. The minimum atomic E-state index is 0.0168. The monoisotopic (exact) mass is 424 g/mol. The van der Waals surface area contributed by atoms with Crippen molar-refractivity contribution in [2.45, 2.75) is 175 Å². The Balaban J connectivity index is 3.25. The van der Waals surface area contributed by atoms with E-state index in [1.54, 1.807) is 0 Å². The maximum atomic E-state index is 11.9. The third-order valence-electron chi connectivity index (χ3n) is 6.28. The number of carbonyl (C=O) groups is 1. The van der Waals surface area contributed by atoms with E-state index in [-0.39, 0.29) is 12.1 Å². The van der Waals surface area contributed by atoms with Gasteiger partial charge in [0.25, 0.3) is 0 Å². The second kappa shape index (κ2) is 24.7. The van der Waals surface area contributed by atoms with Crippen molar-refractivity contribution < 1.29 is 9.53 Å². The highest BCUT2D eigenvalue weighted by Crippen LogP contribution is 2.15. The molecule has 0 aliphatic carbocycles. The smallest absolute Gasteiger partial charge is 0.306 e. The zero-order chi connectivity index (χ0) is 22.1. The van der Waals surface area contributed by atoms with E-state index in [0.717, 1.165) is 12.8 Å². The van der Waals surface area contributed by atoms with Crippen LogP contribution in [0.25, 0.3) is 0 Å². The molecule has 2 nitrogen and oxygen atoms in total. The van der Waals surface area contributed by atoms with Gasteiger partial charge < -0.3 is 4.74 Å². The molecule has 0 aromatic carbocycles. The van der Waals surface area contributed by atoms with Crippen molar-refractivity contribution in [1.82, 2.24) is 0 Å². The van der Waals surface area contributed by atoms with Gasteiger partial charge in [-0.05, 0) is 26.2 Å². The van der Waals surface area contributed by atoms with Crippen LogP contribution in [0.3, 0.4) is 0 Å². The number of hydrogen-bond acceptors (Lipinski definition) is 2. The van der Waals surface area contributed by atoms with E-state index in [2.05, 4.69) is 20.8 Å². The Morgan fingerprint density at radius 1 is 0.533 bits per heavy atom. The quantitative estimate of drug-likeness (QED) is 0.114. The molecule has 0 fully saturated rings. The van der Waals surface area contributed by atoms with Crippen LogP contribution in [0.2, 0.25) is 0 Å². The molecule has 0 aromatic heterocycles. The minimum absolute atomic E-state index is 0.0168. The van der Waals surface area contributed by atoms with Crippen LogP contribution in [-0.4, -0.2) is 12.1 Å². The summed E-state index contributed by atoms with van der Waals surface area (Å²) < 4.78 is 5.56. The van der Waals surface area contributed by atoms with Crippen LogP contribution in [0.4, 0.5) is 0 Å². The zero-order valence-electron chi connectivity index (χ0n) is 21.2. The van der Waals surface area contributed by atoms with Gasteiger partial charge in [-0.1, -0.05) is 136 Å². The van der Waals surface area contributed by atoms with Crippen LogP contribution < -0.4 is 0 Å². The molecule has 0 rings (SSSR count). The molecule has 0 saturated carbocycles. The summed E-state index contributed by atoms with van der Waals surface area (Å²) in [5, 5.41) is 0. The third-order valence-corrected chi connectivity index (χ3v) is 6.28. The number of unbranched alkanes of at least 4 members (excludes halogenated alkanes) is 19. The van der Waals surface area contributed by atoms with E-state index in [0.29, 0.717) is 6.42 Å². The zero-order valence-corrected chi connectivity index (χ0v) is 21.2. The minimum Gasteiger partial charge on any atom is -0.463 e. The molecule has 0 amide bonds. The summed E-state index contributed by atoms with van der Waals surface area (Å²) in [5.74, 6) is 0.0168. The first-order valence-corrected chi connectivity index (χ1v) is 13.9. The Kier molecular flexibility index (Phi) is 24.3. The molecule has 0 bridgehead atoms. The van der Waals surface area contributed by atoms with Crippen LogP contribution in [0.1, 0.15) is 168 Å². The average Bonchev–Trinajstić information content (AvgIpc) is 2.73. The lowest BCUT2D eigenvalue weighted by molar-refractivity contribution is -0.148. The van der Waals surface area contributed by atoms with Crippen molar-refractivity contribution >= 4 is 5.97 Å². The lowest BCUT2D eigenvalue weighted by atomic mass is 10.0. The Bertz CT molecular complexity index is 340. The van der Waals surface area contributed by atoms with Gasteiger partial charge in [-0.25, -0.2) is 0 Å². The van der Waals surface area contributed by atoms with Gasteiger partial charge in [0.15, 0.2) is 0 Å². The normalized spacial score (nSPS) is 12.2. The van der Waals surface area contributed by atoms with E-state index in [1.807, 2.05) is 0 Å². The van der Waals surface area contributed by atoms with E-state index >= 15 is 0 Å². The molecule has 0 spiro atoms. The van der Waals surface area contributed by atoms with Gasteiger partial charge in [0, 0.05) is 6.42 Å². The van der Waals surface area contributed by atoms with E-state index in [1.165, 1.54) is 128 Å². The van der Waals surface area contributed by atoms with Crippen LogP contribution in [0.5, 0.6) is 0 Å². The van der Waals surface area contributed by atoms with Crippen molar-refractivity contribution in [2.24, 2.45) is 0 Å². The van der Waals surface area contributed by atoms with Crippen LogP contribution >= 0.6 is 0 Å². The second-order valence-electron chi connectivity index (χ2n) is 9.56. The molecule has 0 aliphatic rings. The van der Waals surface area contributed by atoms with E-state index in [9.17, 15) is 4.79 Å². The summed E-state index contributed by atoms with van der Waals surface area (Å²) in [4.78, 5) is 11.9. The molecule has 1 unspecified atom stereocenters. The summed E-state index contributed by atoms with van der Waals surface area (Å²) in [6.07, 6.45) is 29.9. The van der Waals surface area contributed by atoms with Gasteiger partial charge in [-0.2, -0.15) is 0 Å². The van der Waals surface area contributed by atoms with Gasteiger partial charge >= 0.3 is 5.97 Å². The number of ether oxygens (including phenoxy) is 1. The van der Waals surface area contributed by atoms with Crippen molar-refractivity contribution in [3.8, 4) is 0 Å². The first-order chi connectivity index (χ1) is 14.7. The Hall–Kier alpha value is -0.530. The first kappa shape index (κ1) is 29.5. The Labute approximate surface area is 190 Å². The molecular formula is C28H56O2. The molecule has 1 atom stereocenters. The molecule has 0 heterocycles. The van der Waals surface area contributed by atoms with E-state index < -0.39 is 0 Å². The first-order valence-electron chi connectivity index (χ1n) is 13.9. The van der Waals surface area contributed by atoms with Gasteiger partial charge in [0.05, 0.1) is 6.10 Å². The topological polar surface area (TPSA) is 26.3 Å². The van der Waals surface area contributed by atoms with E-state index in [4.69, 9.17) is 4.74 Å². The number of hydrogen-bond donors (Lipinski definition) is 0. The fourth-order valence-corrected chi connectivity index (χ4v) is 4.20. The fourth-order valence-electron chi connectivity index (χ4n) is 4.20. The van der Waals surface area contributed by atoms with Crippen LogP contribution in [-0.2, 0) is 9.53 Å².